The van der Waals surface area contributed by atoms with Crippen LogP contribution in [0.3, 0.4) is 0 Å². The Hall–Kier alpha value is -3.91. The summed E-state index contributed by atoms with van der Waals surface area (Å²) >= 11 is 0. The molecule has 8 heteroatoms. The van der Waals surface area contributed by atoms with Gasteiger partial charge in [-0.3, -0.25) is 4.40 Å². The van der Waals surface area contributed by atoms with Gasteiger partial charge < -0.3 is 10.8 Å². The fourth-order valence-electron chi connectivity index (χ4n) is 4.68. The van der Waals surface area contributed by atoms with E-state index in [9.17, 15) is 13.9 Å². The van der Waals surface area contributed by atoms with E-state index >= 15 is 0 Å². The van der Waals surface area contributed by atoms with Gasteiger partial charge in [0.25, 0.3) is 5.92 Å². The van der Waals surface area contributed by atoms with Crippen LogP contribution < -0.4 is 5.73 Å². The number of halogens is 2. The van der Waals surface area contributed by atoms with Crippen molar-refractivity contribution in [1.29, 1.82) is 0 Å². The average molecular weight is 443 g/mol. The number of pyridine rings is 2. The zero-order chi connectivity index (χ0) is 22.8. The Kier molecular flexibility index (Phi) is 4.07. The second-order valence-corrected chi connectivity index (χ2v) is 8.64. The minimum absolute atomic E-state index is 0.190. The molecule has 33 heavy (non-hydrogen) atoms. The molecule has 3 aromatic heterocycles. The fraction of sp³-hybridized carbons (Fsp3) is 0.160. The van der Waals surface area contributed by atoms with Gasteiger partial charge in [-0.15, -0.1) is 5.10 Å². The maximum Gasteiger partial charge on any atom is 0.319 e. The average Bonchev–Trinajstić information content (AvgIpc) is 3.18. The highest BCUT2D eigenvalue weighted by molar-refractivity contribution is 5.98. The van der Waals surface area contributed by atoms with Crippen molar-refractivity contribution in [2.75, 3.05) is 0 Å². The van der Waals surface area contributed by atoms with Crippen LogP contribution in [0.15, 0.2) is 72.9 Å². The van der Waals surface area contributed by atoms with Gasteiger partial charge >= 0.3 is 6.01 Å². The molecule has 1 aliphatic carbocycles. The lowest BCUT2D eigenvalue weighted by molar-refractivity contribution is -0.125. The molecule has 0 radical (unpaired) electrons. The van der Waals surface area contributed by atoms with Crippen molar-refractivity contribution in [1.82, 2.24) is 19.6 Å². The van der Waals surface area contributed by atoms with Crippen LogP contribution in [0.1, 0.15) is 18.4 Å². The van der Waals surface area contributed by atoms with Gasteiger partial charge in [0, 0.05) is 35.6 Å². The summed E-state index contributed by atoms with van der Waals surface area (Å²) in [5, 5.41) is 18.6. The Bertz CT molecular complexity index is 1510. The second-order valence-electron chi connectivity index (χ2n) is 8.64. The Morgan fingerprint density at radius 1 is 0.909 bits per heavy atom. The first kappa shape index (κ1) is 19.8. The predicted octanol–water partition coefficient (Wildman–Crippen LogP) is 4.90. The molecule has 0 unspecified atom stereocenters. The van der Waals surface area contributed by atoms with Crippen molar-refractivity contribution in [3.8, 4) is 28.4 Å². The van der Waals surface area contributed by atoms with E-state index in [4.69, 9.17) is 10.7 Å². The number of fused-ring (bicyclic) bond motifs is 3. The highest BCUT2D eigenvalue weighted by Crippen LogP contribution is 2.50. The van der Waals surface area contributed by atoms with Crippen LogP contribution >= 0.6 is 0 Å². The largest absolute Gasteiger partial charge is 0.479 e. The minimum atomic E-state index is -2.70. The molecule has 0 spiro atoms. The molecular formula is C25H19F2N5O. The third kappa shape index (κ3) is 3.14. The van der Waals surface area contributed by atoms with Crippen molar-refractivity contribution < 1.29 is 13.9 Å². The van der Waals surface area contributed by atoms with Gasteiger partial charge in [0.05, 0.1) is 16.7 Å². The summed E-state index contributed by atoms with van der Waals surface area (Å²) in [6, 6.07) is 20.8. The standard InChI is InChI=1S/C25H19F2N5O/c26-25(27)13-24(28,14-25)17-8-6-16(7-9-17)21-18(15-4-2-1-3-5-15)12-19-20(29-21)10-11-32-22(19)30-31-23(32)33/h1-12H,13-14,28H2,(H,31,33). The molecule has 5 aromatic rings. The molecule has 164 valence electrons. The molecule has 0 aliphatic heterocycles. The SMILES string of the molecule is NC1(c2ccc(-c3nc4ccn5c(O)nnc5c4cc3-c3ccccc3)cc2)CC(F)(F)C1. The maximum atomic E-state index is 13.4. The first-order valence-electron chi connectivity index (χ1n) is 10.5. The van der Waals surface area contributed by atoms with E-state index in [-0.39, 0.29) is 18.9 Å². The molecular weight excluding hydrogens is 424 g/mol. The summed E-state index contributed by atoms with van der Waals surface area (Å²) in [6.45, 7) is 0. The van der Waals surface area contributed by atoms with Crippen LogP contribution in [0, 0.1) is 0 Å². The predicted molar refractivity (Wildman–Crippen MR) is 121 cm³/mol. The van der Waals surface area contributed by atoms with Gasteiger partial charge in [-0.2, -0.15) is 0 Å². The number of nitrogens with two attached hydrogens (primary N) is 1. The molecule has 1 fully saturated rings. The van der Waals surface area contributed by atoms with Crippen LogP contribution in [0.5, 0.6) is 6.01 Å². The molecule has 2 aromatic carbocycles. The van der Waals surface area contributed by atoms with E-state index in [1.165, 1.54) is 4.40 Å². The molecule has 6 rings (SSSR count). The maximum absolute atomic E-state index is 13.4. The third-order valence-corrected chi connectivity index (χ3v) is 6.32. The highest BCUT2D eigenvalue weighted by Gasteiger charge is 2.55. The normalized spacial score (nSPS) is 16.7. The van der Waals surface area contributed by atoms with Crippen molar-refractivity contribution in [3.63, 3.8) is 0 Å². The Morgan fingerprint density at radius 3 is 2.33 bits per heavy atom. The molecule has 0 bridgehead atoms. The summed E-state index contributed by atoms with van der Waals surface area (Å²) in [7, 11) is 0. The zero-order valence-corrected chi connectivity index (χ0v) is 17.4. The zero-order valence-electron chi connectivity index (χ0n) is 17.4. The fourth-order valence-corrected chi connectivity index (χ4v) is 4.68. The quantitative estimate of drug-likeness (QED) is 0.414. The van der Waals surface area contributed by atoms with Crippen LogP contribution in [-0.4, -0.2) is 30.6 Å². The summed E-state index contributed by atoms with van der Waals surface area (Å²) in [4.78, 5) is 4.92. The number of benzene rings is 2. The van der Waals surface area contributed by atoms with Gasteiger partial charge in [0.2, 0.25) is 0 Å². The summed E-state index contributed by atoms with van der Waals surface area (Å²) in [5.74, 6) is -2.70. The van der Waals surface area contributed by atoms with Gasteiger partial charge in [0.15, 0.2) is 5.65 Å². The molecule has 6 nitrogen and oxygen atoms in total. The second kappa shape index (κ2) is 6.79. The van der Waals surface area contributed by atoms with E-state index in [1.807, 2.05) is 60.7 Å². The minimum Gasteiger partial charge on any atom is -0.479 e. The van der Waals surface area contributed by atoms with Crippen molar-refractivity contribution in [2.45, 2.75) is 24.3 Å². The number of aromatic nitrogens is 4. The van der Waals surface area contributed by atoms with E-state index in [1.54, 1.807) is 12.3 Å². The van der Waals surface area contributed by atoms with E-state index in [2.05, 4.69) is 10.2 Å². The first-order valence-corrected chi connectivity index (χ1v) is 10.5. The monoisotopic (exact) mass is 443 g/mol. The molecule has 0 saturated heterocycles. The third-order valence-electron chi connectivity index (χ3n) is 6.32. The molecule has 1 aliphatic rings. The van der Waals surface area contributed by atoms with E-state index in [0.29, 0.717) is 16.7 Å². The number of hydrogen-bond donors (Lipinski definition) is 2. The smallest absolute Gasteiger partial charge is 0.319 e. The first-order chi connectivity index (χ1) is 15.8. The van der Waals surface area contributed by atoms with Crippen LogP contribution in [0.25, 0.3) is 38.9 Å². The van der Waals surface area contributed by atoms with Gasteiger partial charge in [-0.25, -0.2) is 13.8 Å². The topological polar surface area (TPSA) is 89.3 Å². The van der Waals surface area contributed by atoms with Crippen molar-refractivity contribution in [3.05, 3.63) is 78.5 Å². The van der Waals surface area contributed by atoms with Crippen LogP contribution in [0.2, 0.25) is 0 Å². The Labute approximate surface area is 187 Å². The van der Waals surface area contributed by atoms with E-state index in [0.717, 1.165) is 27.8 Å². The van der Waals surface area contributed by atoms with Gasteiger partial charge in [-0.05, 0) is 23.3 Å². The Morgan fingerprint density at radius 2 is 1.64 bits per heavy atom. The number of alkyl halides is 2. The summed E-state index contributed by atoms with van der Waals surface area (Å²) in [6.07, 6.45) is 0.984. The summed E-state index contributed by atoms with van der Waals surface area (Å²) in [5.41, 5.74) is 10.5. The Balaban J connectivity index is 1.52. The van der Waals surface area contributed by atoms with Crippen LogP contribution in [-0.2, 0) is 5.54 Å². The van der Waals surface area contributed by atoms with Gasteiger partial charge in [-0.1, -0.05) is 59.7 Å². The lowest BCUT2D eigenvalue weighted by Crippen LogP contribution is -2.55. The molecule has 3 heterocycles. The van der Waals surface area contributed by atoms with Crippen molar-refractivity contribution in [2.24, 2.45) is 5.73 Å². The molecule has 0 atom stereocenters. The van der Waals surface area contributed by atoms with Gasteiger partial charge in [0.1, 0.15) is 0 Å². The molecule has 3 N–H and O–H groups in total. The summed E-state index contributed by atoms with van der Waals surface area (Å²) < 4.78 is 28.4. The number of hydrogen-bond acceptors (Lipinski definition) is 5. The molecule has 1 saturated carbocycles. The molecule has 0 amide bonds. The number of nitrogens with zero attached hydrogens (tertiary/aromatic N) is 4. The van der Waals surface area contributed by atoms with Crippen molar-refractivity contribution >= 4 is 16.6 Å². The van der Waals surface area contributed by atoms with E-state index < -0.39 is 11.5 Å². The lowest BCUT2D eigenvalue weighted by atomic mass is 9.70. The lowest BCUT2D eigenvalue weighted by Gasteiger charge is -2.44. The van der Waals surface area contributed by atoms with Crippen LogP contribution in [0.4, 0.5) is 8.78 Å². The number of rotatable bonds is 3. The highest BCUT2D eigenvalue weighted by atomic mass is 19.3. The number of aromatic hydroxyl groups is 1.